The Morgan fingerprint density at radius 3 is 2.90 bits per heavy atom. The number of alkyl halides is 1. The molecule has 0 fully saturated rings. The Bertz CT molecular complexity index is 579. The van der Waals surface area contributed by atoms with Crippen LogP contribution in [0, 0.1) is 0 Å². The number of nitrogens with zero attached hydrogens (tertiary/aromatic N) is 2. The molecule has 0 saturated heterocycles. The molecule has 3 rings (SSSR count). The molecule has 3 N–H and O–H groups in total. The maximum Gasteiger partial charge on any atom is 0.115 e. The highest BCUT2D eigenvalue weighted by Gasteiger charge is 2.18. The summed E-state index contributed by atoms with van der Waals surface area (Å²) in [5.74, 6) is 0.672. The molecule has 0 amide bonds. The Hall–Kier alpha value is -1.21. The molecule has 0 radical (unpaired) electrons. The van der Waals surface area contributed by atoms with Crippen LogP contribution in [-0.2, 0) is 13.0 Å². The standard InChI is InChI=1S/C15H19IN4/c1-19-14(4-5-15(17)18-19)12-3-2-11-6-7-20(10-16)9-13(11)8-12/h2-5,8,18H,6-7,9-10,17H2,1H3. The molecule has 2 aliphatic rings. The van der Waals surface area contributed by atoms with E-state index in [1.807, 2.05) is 18.1 Å². The van der Waals surface area contributed by atoms with Gasteiger partial charge in [-0.15, -0.1) is 0 Å². The Kier molecular flexibility index (Phi) is 3.89. The summed E-state index contributed by atoms with van der Waals surface area (Å²) >= 11 is 2.44. The molecule has 5 heteroatoms. The van der Waals surface area contributed by atoms with Gasteiger partial charge in [0.25, 0.3) is 0 Å². The van der Waals surface area contributed by atoms with Crippen molar-refractivity contribution in [2.45, 2.75) is 13.0 Å². The van der Waals surface area contributed by atoms with Crippen molar-refractivity contribution in [3.8, 4) is 0 Å². The normalized spacial score (nSPS) is 19.0. The minimum Gasteiger partial charge on any atom is -0.384 e. The molecule has 0 aromatic heterocycles. The molecule has 1 aromatic rings. The summed E-state index contributed by atoms with van der Waals surface area (Å²) in [6.45, 7) is 2.22. The van der Waals surface area contributed by atoms with E-state index in [9.17, 15) is 0 Å². The van der Waals surface area contributed by atoms with E-state index in [-0.39, 0.29) is 0 Å². The minimum absolute atomic E-state index is 0.672. The van der Waals surface area contributed by atoms with E-state index >= 15 is 0 Å². The number of nitrogens with two attached hydrogens (primary N) is 1. The largest absolute Gasteiger partial charge is 0.384 e. The Balaban J connectivity index is 1.93. The molecule has 2 heterocycles. The lowest BCUT2D eigenvalue weighted by Gasteiger charge is -2.30. The number of hydrogen-bond donors (Lipinski definition) is 2. The fourth-order valence-corrected chi connectivity index (χ4v) is 3.32. The highest BCUT2D eigenvalue weighted by molar-refractivity contribution is 14.1. The molecule has 0 unspecified atom stereocenters. The Morgan fingerprint density at radius 2 is 2.15 bits per heavy atom. The monoisotopic (exact) mass is 382 g/mol. The molecule has 20 heavy (non-hydrogen) atoms. The van der Waals surface area contributed by atoms with E-state index < -0.39 is 0 Å². The van der Waals surface area contributed by atoms with Crippen molar-refractivity contribution in [3.63, 3.8) is 0 Å². The first kappa shape index (κ1) is 13.8. The van der Waals surface area contributed by atoms with Crippen LogP contribution in [0.3, 0.4) is 0 Å². The first-order chi connectivity index (χ1) is 9.67. The maximum absolute atomic E-state index is 5.77. The van der Waals surface area contributed by atoms with Crippen LogP contribution in [0.5, 0.6) is 0 Å². The van der Waals surface area contributed by atoms with Gasteiger partial charge in [-0.2, -0.15) is 0 Å². The van der Waals surface area contributed by atoms with Crippen molar-refractivity contribution < 1.29 is 0 Å². The van der Waals surface area contributed by atoms with Gasteiger partial charge in [-0.05, 0) is 41.3 Å². The highest BCUT2D eigenvalue weighted by atomic mass is 127. The first-order valence-electron chi connectivity index (χ1n) is 6.75. The predicted octanol–water partition coefficient (Wildman–Crippen LogP) is 2.03. The number of hydrogen-bond acceptors (Lipinski definition) is 4. The van der Waals surface area contributed by atoms with Crippen molar-refractivity contribution in [3.05, 3.63) is 52.9 Å². The van der Waals surface area contributed by atoms with Gasteiger partial charge >= 0.3 is 0 Å². The van der Waals surface area contributed by atoms with Crippen LogP contribution in [0.1, 0.15) is 16.7 Å². The van der Waals surface area contributed by atoms with E-state index in [0.29, 0.717) is 5.82 Å². The fraction of sp³-hybridized carbons (Fsp3) is 0.333. The van der Waals surface area contributed by atoms with E-state index in [1.54, 1.807) is 0 Å². The van der Waals surface area contributed by atoms with Gasteiger partial charge in [0.1, 0.15) is 5.82 Å². The van der Waals surface area contributed by atoms with Gasteiger partial charge in [0.2, 0.25) is 0 Å². The lowest BCUT2D eigenvalue weighted by molar-refractivity contribution is 0.306. The van der Waals surface area contributed by atoms with Crippen molar-refractivity contribution >= 4 is 28.3 Å². The molecule has 0 atom stereocenters. The zero-order valence-corrected chi connectivity index (χ0v) is 13.7. The molecule has 0 bridgehead atoms. The van der Waals surface area contributed by atoms with Crippen LogP contribution in [0.4, 0.5) is 0 Å². The van der Waals surface area contributed by atoms with Gasteiger partial charge in [0.15, 0.2) is 0 Å². The van der Waals surface area contributed by atoms with Crippen molar-refractivity contribution in [2.24, 2.45) is 5.73 Å². The summed E-state index contributed by atoms with van der Waals surface area (Å²) in [7, 11) is 1.99. The number of allylic oxidation sites excluding steroid dienone is 2. The molecule has 0 spiro atoms. The number of nitrogens with one attached hydrogen (secondary N) is 1. The van der Waals surface area contributed by atoms with Crippen molar-refractivity contribution in [2.75, 3.05) is 18.1 Å². The van der Waals surface area contributed by atoms with Crippen LogP contribution >= 0.6 is 22.6 Å². The van der Waals surface area contributed by atoms with Gasteiger partial charge in [-0.3, -0.25) is 15.3 Å². The number of fused-ring (bicyclic) bond motifs is 1. The second-order valence-corrected chi connectivity index (χ2v) is 5.93. The maximum atomic E-state index is 5.77. The summed E-state index contributed by atoms with van der Waals surface area (Å²) in [5, 5.41) is 1.97. The average molecular weight is 382 g/mol. The van der Waals surface area contributed by atoms with Gasteiger partial charge in [0, 0.05) is 20.1 Å². The summed E-state index contributed by atoms with van der Waals surface area (Å²) < 4.78 is 1.09. The Labute approximate surface area is 133 Å². The number of rotatable bonds is 2. The Morgan fingerprint density at radius 1 is 1.30 bits per heavy atom. The number of benzene rings is 1. The molecule has 0 saturated carbocycles. The molecule has 2 aliphatic heterocycles. The number of halogens is 1. The van der Waals surface area contributed by atoms with Gasteiger partial charge in [-0.1, -0.05) is 34.7 Å². The first-order valence-corrected chi connectivity index (χ1v) is 8.28. The lowest BCUT2D eigenvalue weighted by Crippen LogP contribution is -2.37. The van der Waals surface area contributed by atoms with E-state index in [0.717, 1.165) is 23.2 Å². The van der Waals surface area contributed by atoms with Crippen LogP contribution in [0.25, 0.3) is 5.70 Å². The third kappa shape index (κ3) is 2.64. The second-order valence-electron chi connectivity index (χ2n) is 5.25. The zero-order chi connectivity index (χ0) is 14.1. The molecular weight excluding hydrogens is 363 g/mol. The van der Waals surface area contributed by atoms with E-state index in [1.165, 1.54) is 23.2 Å². The predicted molar refractivity (Wildman–Crippen MR) is 90.6 cm³/mol. The van der Waals surface area contributed by atoms with Crippen LogP contribution in [0.15, 0.2) is 36.2 Å². The van der Waals surface area contributed by atoms with Crippen LogP contribution in [0.2, 0.25) is 0 Å². The topological polar surface area (TPSA) is 44.5 Å². The smallest absolute Gasteiger partial charge is 0.115 e. The van der Waals surface area contributed by atoms with Crippen molar-refractivity contribution in [1.29, 1.82) is 0 Å². The summed E-state index contributed by atoms with van der Waals surface area (Å²) in [4.78, 5) is 2.47. The quantitative estimate of drug-likeness (QED) is 0.467. The highest BCUT2D eigenvalue weighted by Crippen LogP contribution is 2.26. The number of hydrazine groups is 1. The molecule has 4 nitrogen and oxygen atoms in total. The molecule has 106 valence electrons. The average Bonchev–Trinajstić information content (AvgIpc) is 2.46. The lowest BCUT2D eigenvalue weighted by atomic mass is 9.96. The molecular formula is C15H19IN4. The summed E-state index contributed by atoms with van der Waals surface area (Å²) in [5.41, 5.74) is 14.2. The third-order valence-electron chi connectivity index (χ3n) is 3.84. The van der Waals surface area contributed by atoms with Gasteiger partial charge in [-0.25, -0.2) is 0 Å². The van der Waals surface area contributed by atoms with Crippen LogP contribution in [-0.4, -0.2) is 28.1 Å². The molecule has 0 aliphatic carbocycles. The summed E-state index contributed by atoms with van der Waals surface area (Å²) in [6, 6.07) is 6.79. The zero-order valence-electron chi connectivity index (χ0n) is 11.6. The SMILES string of the molecule is CN1NC(N)=CC=C1c1ccc2c(c1)CN(CI)CC2. The molecule has 1 aromatic carbocycles. The minimum atomic E-state index is 0.672. The van der Waals surface area contributed by atoms with Gasteiger partial charge in [0.05, 0.1) is 10.2 Å². The van der Waals surface area contributed by atoms with Crippen LogP contribution < -0.4 is 11.2 Å². The third-order valence-corrected chi connectivity index (χ3v) is 4.81. The fourth-order valence-electron chi connectivity index (χ4n) is 2.74. The van der Waals surface area contributed by atoms with E-state index in [2.05, 4.69) is 57.2 Å². The second kappa shape index (κ2) is 5.65. The summed E-state index contributed by atoms with van der Waals surface area (Å²) in [6.07, 6.45) is 5.12. The van der Waals surface area contributed by atoms with Crippen molar-refractivity contribution in [1.82, 2.24) is 15.3 Å². The van der Waals surface area contributed by atoms with Gasteiger partial charge < -0.3 is 5.73 Å². The van der Waals surface area contributed by atoms with E-state index in [4.69, 9.17) is 5.73 Å².